The van der Waals surface area contributed by atoms with E-state index >= 15 is 0 Å². The van der Waals surface area contributed by atoms with Crippen LogP contribution < -0.4 is 5.43 Å². The molecule has 3 heterocycles. The molecule has 216 valence electrons. The number of ether oxygens (including phenoxy) is 2. The summed E-state index contributed by atoms with van der Waals surface area (Å²) in [6.07, 6.45) is -15.7. The van der Waals surface area contributed by atoms with E-state index in [9.17, 15) is 55.9 Å². The number of aromatic hydroxyl groups is 3. The summed E-state index contributed by atoms with van der Waals surface area (Å²) in [5.74, 6) is -2.00. The van der Waals surface area contributed by atoms with Gasteiger partial charge in [0.15, 0.2) is 11.0 Å². The highest BCUT2D eigenvalue weighted by Crippen LogP contribution is 2.50. The monoisotopic (exact) mass is 564 g/mol. The van der Waals surface area contributed by atoms with Crippen LogP contribution in [-0.4, -0.2) is 107 Å². The minimum Gasteiger partial charge on any atom is -0.508 e. The number of rotatable bonds is 4. The van der Waals surface area contributed by atoms with Crippen molar-refractivity contribution in [2.75, 3.05) is 13.2 Å². The van der Waals surface area contributed by atoms with E-state index in [0.717, 1.165) is 6.07 Å². The van der Waals surface area contributed by atoms with E-state index in [-0.39, 0.29) is 11.5 Å². The number of phenolic OH excluding ortho intramolecular Hbond substituents is 3. The number of aliphatic hydroxyl groups excluding tert-OH is 7. The summed E-state index contributed by atoms with van der Waals surface area (Å²) >= 11 is 0. The molecule has 3 aromatic rings. The normalized spacial score (nSPS) is 32.8. The second-order valence-corrected chi connectivity index (χ2v) is 9.80. The molecule has 2 saturated heterocycles. The molecule has 5 rings (SSSR count). The largest absolute Gasteiger partial charge is 0.508 e. The number of hydrogen-bond donors (Lipinski definition) is 10. The summed E-state index contributed by atoms with van der Waals surface area (Å²) in [5.41, 5.74) is -2.19. The third-order valence-electron chi connectivity index (χ3n) is 7.31. The highest BCUT2D eigenvalue weighted by atomic mass is 16.5. The zero-order valence-corrected chi connectivity index (χ0v) is 20.6. The Kier molecular flexibility index (Phi) is 7.47. The molecule has 10 N–H and O–H groups in total. The molecular formula is C26H28O14. The summed E-state index contributed by atoms with van der Waals surface area (Å²) in [5, 5.41) is 104. The maximum absolute atomic E-state index is 13.4. The van der Waals surface area contributed by atoms with Crippen molar-refractivity contribution in [1.82, 2.24) is 0 Å². The third-order valence-corrected chi connectivity index (χ3v) is 7.31. The van der Waals surface area contributed by atoms with E-state index in [0.29, 0.717) is 5.56 Å². The van der Waals surface area contributed by atoms with Gasteiger partial charge in [0.2, 0.25) is 0 Å². The van der Waals surface area contributed by atoms with Crippen LogP contribution in [0.5, 0.6) is 17.2 Å². The first-order valence-corrected chi connectivity index (χ1v) is 12.3. The van der Waals surface area contributed by atoms with Crippen LogP contribution in [0.25, 0.3) is 22.3 Å². The molecule has 14 nitrogen and oxygen atoms in total. The van der Waals surface area contributed by atoms with Crippen molar-refractivity contribution in [3.8, 4) is 28.6 Å². The van der Waals surface area contributed by atoms with E-state index in [1.807, 2.05) is 0 Å². The van der Waals surface area contributed by atoms with Crippen LogP contribution in [0.4, 0.5) is 0 Å². The Labute approximate surface area is 224 Å². The number of phenols is 3. The Hall–Kier alpha value is -3.31. The molecule has 0 aliphatic carbocycles. The topological polar surface area (TPSA) is 251 Å². The minimum atomic E-state index is -1.96. The van der Waals surface area contributed by atoms with E-state index in [4.69, 9.17) is 13.9 Å². The van der Waals surface area contributed by atoms with Crippen molar-refractivity contribution < 1.29 is 65.0 Å². The molecule has 40 heavy (non-hydrogen) atoms. The van der Waals surface area contributed by atoms with Gasteiger partial charge in [0.1, 0.15) is 83.3 Å². The fraction of sp³-hybridized carbons (Fsp3) is 0.423. The lowest BCUT2D eigenvalue weighted by atomic mass is 9.85. The van der Waals surface area contributed by atoms with Crippen LogP contribution in [0.2, 0.25) is 0 Å². The number of fused-ring (bicyclic) bond motifs is 1. The van der Waals surface area contributed by atoms with Crippen LogP contribution >= 0.6 is 0 Å². The molecule has 0 amide bonds. The fourth-order valence-electron chi connectivity index (χ4n) is 5.11. The highest BCUT2D eigenvalue weighted by Gasteiger charge is 2.48. The maximum atomic E-state index is 13.4. The first kappa shape index (κ1) is 28.2. The van der Waals surface area contributed by atoms with Gasteiger partial charge in [-0.25, -0.2) is 0 Å². The molecular weight excluding hydrogens is 536 g/mol. The van der Waals surface area contributed by atoms with Gasteiger partial charge in [0.05, 0.1) is 24.3 Å². The molecule has 2 fully saturated rings. The summed E-state index contributed by atoms with van der Waals surface area (Å²) in [6, 6.07) is 6.47. The first-order valence-electron chi connectivity index (χ1n) is 12.3. The Balaban J connectivity index is 1.81. The van der Waals surface area contributed by atoms with Crippen LogP contribution in [0.1, 0.15) is 23.3 Å². The SMILES string of the molecule is O=c1cc(-c2ccc(O)cc2)oc2c(C3OC(CO)C(O)C(O)C3O)c(O)c(C3OCC(O)C(O)C3O)c(O)c12. The Morgan fingerprint density at radius 2 is 1.43 bits per heavy atom. The molecule has 0 spiro atoms. The lowest BCUT2D eigenvalue weighted by Gasteiger charge is -2.41. The van der Waals surface area contributed by atoms with Gasteiger partial charge < -0.3 is 65.0 Å². The molecule has 2 aromatic carbocycles. The number of aliphatic hydroxyl groups is 7. The zero-order valence-electron chi connectivity index (χ0n) is 20.6. The van der Waals surface area contributed by atoms with E-state index in [1.165, 1.54) is 24.3 Å². The lowest BCUT2D eigenvalue weighted by Crippen LogP contribution is -2.55. The van der Waals surface area contributed by atoms with Gasteiger partial charge in [0, 0.05) is 11.6 Å². The number of benzene rings is 2. The van der Waals surface area contributed by atoms with Crippen LogP contribution in [0, 0.1) is 0 Å². The molecule has 0 saturated carbocycles. The Morgan fingerprint density at radius 3 is 2.08 bits per heavy atom. The van der Waals surface area contributed by atoms with Crippen LogP contribution in [-0.2, 0) is 9.47 Å². The molecule has 9 unspecified atom stereocenters. The molecule has 14 heteroatoms. The van der Waals surface area contributed by atoms with Crippen molar-refractivity contribution in [3.63, 3.8) is 0 Å². The second-order valence-electron chi connectivity index (χ2n) is 9.80. The summed E-state index contributed by atoms with van der Waals surface area (Å²) in [6.45, 7) is -1.34. The molecule has 0 bridgehead atoms. The standard InChI is InChI=1S/C26H28O14/c27-6-13-18(32)21(35)23(37)26(40-13)16-20(34)15(25-22(36)17(31)11(30)7-38-25)19(33)14-10(29)5-12(39-24(14)16)8-1-3-9(28)4-2-8/h1-5,11,13,17-18,21-23,25-28,30-37H,6-7H2. The van der Waals surface area contributed by atoms with Gasteiger partial charge in [-0.2, -0.15) is 0 Å². The Morgan fingerprint density at radius 1 is 0.775 bits per heavy atom. The number of hydrogen-bond acceptors (Lipinski definition) is 14. The van der Waals surface area contributed by atoms with E-state index in [1.54, 1.807) is 0 Å². The van der Waals surface area contributed by atoms with Gasteiger partial charge in [-0.3, -0.25) is 4.79 Å². The Bertz CT molecular complexity index is 1450. The van der Waals surface area contributed by atoms with Crippen molar-refractivity contribution in [2.45, 2.75) is 54.9 Å². The third kappa shape index (κ3) is 4.49. The van der Waals surface area contributed by atoms with E-state index < -0.39 is 107 Å². The fourth-order valence-corrected chi connectivity index (χ4v) is 5.11. The molecule has 0 radical (unpaired) electrons. The van der Waals surface area contributed by atoms with Crippen molar-refractivity contribution in [1.29, 1.82) is 0 Å². The smallest absolute Gasteiger partial charge is 0.197 e. The van der Waals surface area contributed by atoms with Crippen LogP contribution in [0.15, 0.2) is 39.5 Å². The maximum Gasteiger partial charge on any atom is 0.197 e. The predicted molar refractivity (Wildman–Crippen MR) is 132 cm³/mol. The lowest BCUT2D eigenvalue weighted by molar-refractivity contribution is -0.231. The summed E-state index contributed by atoms with van der Waals surface area (Å²) in [4.78, 5) is 13.4. The summed E-state index contributed by atoms with van der Waals surface area (Å²) < 4.78 is 16.9. The average Bonchev–Trinajstić information content (AvgIpc) is 2.92. The van der Waals surface area contributed by atoms with Gasteiger partial charge in [-0.1, -0.05) is 0 Å². The second kappa shape index (κ2) is 10.6. The predicted octanol–water partition coefficient (Wildman–Crippen LogP) is -1.75. The molecule has 2 aliphatic rings. The van der Waals surface area contributed by atoms with Crippen LogP contribution in [0.3, 0.4) is 0 Å². The van der Waals surface area contributed by atoms with Crippen molar-refractivity contribution >= 4 is 11.0 Å². The zero-order chi connectivity index (χ0) is 29.0. The van der Waals surface area contributed by atoms with Gasteiger partial charge in [-0.15, -0.1) is 0 Å². The minimum absolute atomic E-state index is 0.0767. The van der Waals surface area contributed by atoms with Crippen molar-refractivity contribution in [3.05, 3.63) is 51.7 Å². The molecule has 1 aromatic heterocycles. The van der Waals surface area contributed by atoms with Gasteiger partial charge in [-0.05, 0) is 24.3 Å². The molecule has 9 atom stereocenters. The van der Waals surface area contributed by atoms with Gasteiger partial charge >= 0.3 is 0 Å². The van der Waals surface area contributed by atoms with E-state index in [2.05, 4.69) is 0 Å². The highest BCUT2D eigenvalue weighted by molar-refractivity contribution is 5.92. The average molecular weight is 564 g/mol. The quantitative estimate of drug-likeness (QED) is 0.169. The molecule has 2 aliphatic heterocycles. The first-order chi connectivity index (χ1) is 19.0. The summed E-state index contributed by atoms with van der Waals surface area (Å²) in [7, 11) is 0. The van der Waals surface area contributed by atoms with Gasteiger partial charge in [0.25, 0.3) is 0 Å². The van der Waals surface area contributed by atoms with Crippen molar-refractivity contribution in [2.24, 2.45) is 0 Å².